The Morgan fingerprint density at radius 2 is 2.06 bits per heavy atom. The van der Waals surface area contributed by atoms with Crippen molar-refractivity contribution in [1.29, 1.82) is 0 Å². The Balaban J connectivity index is 0.000000873. The molecule has 0 radical (unpaired) electrons. The maximum Gasteiger partial charge on any atom is 0.317 e. The maximum absolute atomic E-state index is 11.6. The number of nitrogens with zero attached hydrogens (tertiary/aromatic N) is 1. The molecule has 0 saturated carbocycles. The van der Waals surface area contributed by atoms with Crippen molar-refractivity contribution in [2.45, 2.75) is 26.7 Å². The summed E-state index contributed by atoms with van der Waals surface area (Å²) in [6, 6.07) is 0.0765. The Hall–Kier alpha value is -0.900. The summed E-state index contributed by atoms with van der Waals surface area (Å²) in [4.78, 5) is 13.6. The van der Waals surface area contributed by atoms with Gasteiger partial charge in [-0.2, -0.15) is 0 Å². The monoisotopic (exact) mass is 270 g/mol. The predicted octanol–water partition coefficient (Wildman–Crippen LogP) is 3.50. The highest BCUT2D eigenvalue weighted by Crippen LogP contribution is 2.15. The number of allylic oxidation sites excluding steroid dienone is 1. The average Bonchev–Trinajstić information content (AvgIpc) is 2.36. The van der Waals surface area contributed by atoms with Crippen LogP contribution in [0.3, 0.4) is 0 Å². The average molecular weight is 270 g/mol. The molecule has 3 nitrogen and oxygen atoms in total. The minimum atomic E-state index is 0.0765. The maximum atomic E-state index is 11.6. The zero-order valence-corrected chi connectivity index (χ0v) is 12.6. The lowest BCUT2D eigenvalue weighted by Gasteiger charge is -2.30. The second kappa shape index (κ2) is 11.2. The molecule has 0 atom stereocenters. The molecule has 0 aliphatic carbocycles. The zero-order valence-electron chi connectivity index (χ0n) is 11.8. The predicted molar refractivity (Wildman–Crippen MR) is 81.9 cm³/mol. The summed E-state index contributed by atoms with van der Waals surface area (Å²) in [6.45, 7) is 9.93. The third-order valence-electron chi connectivity index (χ3n) is 2.67. The number of amides is 2. The summed E-state index contributed by atoms with van der Waals surface area (Å²) in [5, 5.41) is 4.87. The Morgan fingerprint density at radius 3 is 2.56 bits per heavy atom. The Morgan fingerprint density at radius 1 is 1.50 bits per heavy atom. The summed E-state index contributed by atoms with van der Waals surface area (Å²) >= 11 is 1.64. The van der Waals surface area contributed by atoms with Crippen LogP contribution in [-0.2, 0) is 0 Å². The van der Waals surface area contributed by atoms with Gasteiger partial charge in [-0.25, -0.2) is 4.79 Å². The van der Waals surface area contributed by atoms with E-state index in [9.17, 15) is 4.79 Å². The fraction of sp³-hybridized carbons (Fsp3) is 0.643. The third-order valence-corrected chi connectivity index (χ3v) is 3.14. The smallest absolute Gasteiger partial charge is 0.317 e. The van der Waals surface area contributed by atoms with Crippen LogP contribution in [0.4, 0.5) is 4.79 Å². The van der Waals surface area contributed by atoms with Crippen LogP contribution in [0.25, 0.3) is 0 Å². The minimum Gasteiger partial charge on any atom is -0.334 e. The topological polar surface area (TPSA) is 32.3 Å². The number of carbonyl (C=O) groups is 1. The van der Waals surface area contributed by atoms with Crippen LogP contribution < -0.4 is 5.32 Å². The van der Waals surface area contributed by atoms with E-state index in [1.54, 1.807) is 17.8 Å². The van der Waals surface area contributed by atoms with E-state index in [0.717, 1.165) is 31.8 Å². The molecule has 1 aliphatic heterocycles. The number of nitrogens with one attached hydrogen (secondary N) is 1. The fourth-order valence-electron chi connectivity index (χ4n) is 1.61. The highest BCUT2D eigenvalue weighted by Gasteiger charge is 2.19. The van der Waals surface area contributed by atoms with Gasteiger partial charge in [0, 0.05) is 19.6 Å². The van der Waals surface area contributed by atoms with E-state index in [1.165, 1.54) is 0 Å². The summed E-state index contributed by atoms with van der Waals surface area (Å²) in [7, 11) is 0. The van der Waals surface area contributed by atoms with Crippen molar-refractivity contribution in [3.05, 3.63) is 24.1 Å². The second-order valence-corrected chi connectivity index (χ2v) is 5.11. The van der Waals surface area contributed by atoms with Crippen LogP contribution >= 0.6 is 11.8 Å². The molecule has 0 aromatic carbocycles. The van der Waals surface area contributed by atoms with Crippen molar-refractivity contribution < 1.29 is 4.79 Å². The molecule has 1 heterocycles. The van der Waals surface area contributed by atoms with Crippen molar-refractivity contribution in [2.24, 2.45) is 5.92 Å². The molecule has 1 rings (SSSR count). The van der Waals surface area contributed by atoms with Gasteiger partial charge in [-0.05, 0) is 37.3 Å². The number of thioether (sulfide) groups is 1. The van der Waals surface area contributed by atoms with E-state index in [-0.39, 0.29) is 6.03 Å². The van der Waals surface area contributed by atoms with E-state index in [1.807, 2.05) is 29.6 Å². The van der Waals surface area contributed by atoms with Crippen molar-refractivity contribution in [3.8, 4) is 0 Å². The van der Waals surface area contributed by atoms with Crippen molar-refractivity contribution in [3.63, 3.8) is 0 Å². The van der Waals surface area contributed by atoms with Crippen LogP contribution in [0.2, 0.25) is 0 Å². The van der Waals surface area contributed by atoms with Crippen LogP contribution in [0.1, 0.15) is 26.7 Å². The van der Waals surface area contributed by atoms with Gasteiger partial charge >= 0.3 is 6.03 Å². The largest absolute Gasteiger partial charge is 0.334 e. The van der Waals surface area contributed by atoms with E-state index >= 15 is 0 Å². The van der Waals surface area contributed by atoms with E-state index in [2.05, 4.69) is 18.8 Å². The van der Waals surface area contributed by atoms with Crippen LogP contribution in [0.15, 0.2) is 24.1 Å². The van der Waals surface area contributed by atoms with Crippen molar-refractivity contribution >= 4 is 17.8 Å². The van der Waals surface area contributed by atoms with Gasteiger partial charge in [0.15, 0.2) is 0 Å². The van der Waals surface area contributed by atoms with Gasteiger partial charge < -0.3 is 10.2 Å². The molecule has 0 spiro atoms. The van der Waals surface area contributed by atoms with Gasteiger partial charge in [0.25, 0.3) is 0 Å². The second-order valence-electron chi connectivity index (χ2n) is 4.37. The van der Waals surface area contributed by atoms with Gasteiger partial charge in [0.05, 0.1) is 0 Å². The van der Waals surface area contributed by atoms with Gasteiger partial charge in [-0.15, -0.1) is 18.3 Å². The molecular formula is C14H26N2OS. The normalized spacial score (nSPS) is 16.1. The van der Waals surface area contributed by atoms with Crippen LogP contribution in [0.5, 0.6) is 0 Å². The highest BCUT2D eigenvalue weighted by molar-refractivity contribution is 8.01. The summed E-state index contributed by atoms with van der Waals surface area (Å²) < 4.78 is 0. The molecule has 18 heavy (non-hydrogen) atoms. The van der Waals surface area contributed by atoms with Crippen molar-refractivity contribution in [2.75, 3.05) is 25.9 Å². The van der Waals surface area contributed by atoms with Gasteiger partial charge in [-0.3, -0.25) is 0 Å². The highest BCUT2D eigenvalue weighted by atomic mass is 32.2. The number of rotatable bonds is 3. The fourth-order valence-corrected chi connectivity index (χ4v) is 1.90. The Kier molecular flexibility index (Phi) is 10.6. The number of hydrogen-bond donors (Lipinski definition) is 1. The quantitative estimate of drug-likeness (QED) is 0.796. The first-order valence-electron chi connectivity index (χ1n) is 6.43. The number of piperidine rings is 1. The molecule has 1 saturated heterocycles. The first-order valence-corrected chi connectivity index (χ1v) is 7.72. The van der Waals surface area contributed by atoms with Crippen molar-refractivity contribution in [1.82, 2.24) is 10.2 Å². The van der Waals surface area contributed by atoms with E-state index in [4.69, 9.17) is 0 Å². The first-order chi connectivity index (χ1) is 8.65. The molecule has 1 aliphatic rings. The molecule has 1 fully saturated rings. The van der Waals surface area contributed by atoms with Gasteiger partial charge in [-0.1, -0.05) is 19.1 Å². The molecule has 0 unspecified atom stereocenters. The molecule has 104 valence electrons. The molecule has 0 bridgehead atoms. The van der Waals surface area contributed by atoms with Gasteiger partial charge in [0.1, 0.15) is 0 Å². The number of hydrogen-bond acceptors (Lipinski definition) is 2. The van der Waals surface area contributed by atoms with Crippen LogP contribution in [0, 0.1) is 5.92 Å². The molecule has 0 aromatic heterocycles. The molecule has 2 amide bonds. The summed E-state index contributed by atoms with van der Waals surface area (Å²) in [6.07, 6.45) is 7.99. The Bertz CT molecular complexity index is 259. The molecular weight excluding hydrogens is 244 g/mol. The number of likely N-dealkylation sites (tertiary alicyclic amines) is 1. The first kappa shape index (κ1) is 17.1. The number of carbonyl (C=O) groups excluding carboxylic acids is 1. The SMILES string of the molecule is C=CC.CS/C=C/CNC(=O)N1CCC(C)CC1. The molecule has 1 N–H and O–H groups in total. The number of urea groups is 1. The standard InChI is InChI=1S/C11H20N2OS.C3H6/c1-10-4-7-13(8-5-10)11(14)12-6-3-9-15-2;1-3-2/h3,9-10H,4-8H2,1-2H3,(H,12,14);3H,1H2,2H3/b9-3+;. The Labute approximate surface area is 116 Å². The third kappa shape index (κ3) is 8.23. The molecule has 0 aromatic rings. The van der Waals surface area contributed by atoms with Gasteiger partial charge in [0.2, 0.25) is 0 Å². The lowest BCUT2D eigenvalue weighted by atomic mass is 10.00. The summed E-state index contributed by atoms with van der Waals surface area (Å²) in [5.41, 5.74) is 0. The van der Waals surface area contributed by atoms with E-state index < -0.39 is 0 Å². The van der Waals surface area contributed by atoms with E-state index in [0.29, 0.717) is 6.54 Å². The zero-order chi connectivity index (χ0) is 13.8. The molecule has 4 heteroatoms. The minimum absolute atomic E-state index is 0.0765. The lowest BCUT2D eigenvalue weighted by Crippen LogP contribution is -2.44. The lowest BCUT2D eigenvalue weighted by molar-refractivity contribution is 0.175. The van der Waals surface area contributed by atoms with Crippen LogP contribution in [-0.4, -0.2) is 36.8 Å². The summed E-state index contributed by atoms with van der Waals surface area (Å²) in [5.74, 6) is 0.769.